The van der Waals surface area contributed by atoms with E-state index in [1.165, 1.54) is 13.8 Å². The Labute approximate surface area is 77.7 Å². The first-order chi connectivity index (χ1) is 5.76. The van der Waals surface area contributed by atoms with Crippen LogP contribution in [-0.4, -0.2) is 43.6 Å². The van der Waals surface area contributed by atoms with Crippen molar-refractivity contribution in [3.63, 3.8) is 0 Å². The molecule has 1 aliphatic heterocycles. The van der Waals surface area contributed by atoms with Gasteiger partial charge in [0.15, 0.2) is 0 Å². The second-order valence-corrected chi connectivity index (χ2v) is 5.44. The molecule has 76 valence electrons. The number of esters is 1. The zero-order chi connectivity index (χ0) is 10.3. The molecule has 0 saturated carbocycles. The Morgan fingerprint density at radius 1 is 1.46 bits per heavy atom. The van der Waals surface area contributed by atoms with Gasteiger partial charge in [-0.3, -0.25) is 4.79 Å². The standard InChI is InChI=1S/C7H13NO4S/c1-7(2)6(9)12-5-4-8(7)13(3,10)11/h4-5H2,1-3H3. The molecule has 0 spiro atoms. The molecule has 0 unspecified atom stereocenters. The molecule has 0 N–H and O–H groups in total. The number of carbonyl (C=O) groups excluding carboxylic acids is 1. The number of hydrogen-bond donors (Lipinski definition) is 0. The van der Waals surface area contributed by atoms with Crippen LogP contribution in [0.5, 0.6) is 0 Å². The molecule has 1 rings (SSSR count). The Morgan fingerprint density at radius 2 is 2.00 bits per heavy atom. The largest absolute Gasteiger partial charge is 0.463 e. The van der Waals surface area contributed by atoms with Gasteiger partial charge in [0.25, 0.3) is 0 Å². The number of cyclic esters (lactones) is 1. The molecular weight excluding hydrogens is 194 g/mol. The third-order valence-corrected chi connectivity index (χ3v) is 3.49. The first-order valence-electron chi connectivity index (χ1n) is 3.91. The van der Waals surface area contributed by atoms with Crippen LogP contribution >= 0.6 is 0 Å². The van der Waals surface area contributed by atoms with Gasteiger partial charge in [-0.15, -0.1) is 0 Å². The van der Waals surface area contributed by atoms with Crippen LogP contribution < -0.4 is 0 Å². The van der Waals surface area contributed by atoms with Crippen molar-refractivity contribution in [2.45, 2.75) is 19.4 Å². The summed E-state index contributed by atoms with van der Waals surface area (Å²) in [6.45, 7) is 3.44. The summed E-state index contributed by atoms with van der Waals surface area (Å²) in [5, 5.41) is 0. The lowest BCUT2D eigenvalue weighted by atomic mass is 10.1. The van der Waals surface area contributed by atoms with Crippen molar-refractivity contribution in [2.75, 3.05) is 19.4 Å². The predicted octanol–water partition coefficient (Wildman–Crippen LogP) is -0.417. The molecule has 1 fully saturated rings. The molecule has 1 saturated heterocycles. The number of morpholine rings is 1. The average Bonchev–Trinajstić information content (AvgIpc) is 1.92. The fourth-order valence-corrected chi connectivity index (χ4v) is 2.67. The van der Waals surface area contributed by atoms with Crippen molar-refractivity contribution >= 4 is 16.0 Å². The van der Waals surface area contributed by atoms with Gasteiger partial charge in [-0.1, -0.05) is 0 Å². The van der Waals surface area contributed by atoms with Crippen molar-refractivity contribution in [1.29, 1.82) is 0 Å². The van der Waals surface area contributed by atoms with Gasteiger partial charge in [-0.2, -0.15) is 4.31 Å². The summed E-state index contributed by atoms with van der Waals surface area (Å²) in [6, 6.07) is 0. The highest BCUT2D eigenvalue weighted by atomic mass is 32.2. The molecule has 1 heterocycles. The highest BCUT2D eigenvalue weighted by Crippen LogP contribution is 2.22. The van der Waals surface area contributed by atoms with Gasteiger partial charge in [-0.25, -0.2) is 8.42 Å². The number of sulfonamides is 1. The minimum atomic E-state index is -3.33. The van der Waals surface area contributed by atoms with Crippen LogP contribution in [0.3, 0.4) is 0 Å². The molecule has 0 bridgehead atoms. The molecule has 0 aromatic heterocycles. The lowest BCUT2D eigenvalue weighted by molar-refractivity contribution is -0.160. The van der Waals surface area contributed by atoms with E-state index >= 15 is 0 Å². The van der Waals surface area contributed by atoms with Crippen molar-refractivity contribution < 1.29 is 17.9 Å². The van der Waals surface area contributed by atoms with Crippen LogP contribution in [-0.2, 0) is 19.6 Å². The normalized spacial score (nSPS) is 24.1. The van der Waals surface area contributed by atoms with Crippen LogP contribution in [0.2, 0.25) is 0 Å². The predicted molar refractivity (Wildman–Crippen MR) is 46.6 cm³/mol. The van der Waals surface area contributed by atoms with Crippen molar-refractivity contribution in [1.82, 2.24) is 4.31 Å². The Balaban J connectivity index is 3.05. The van der Waals surface area contributed by atoms with E-state index in [-0.39, 0.29) is 13.2 Å². The molecule has 0 aromatic rings. The first-order valence-corrected chi connectivity index (χ1v) is 5.76. The zero-order valence-electron chi connectivity index (χ0n) is 7.90. The number of rotatable bonds is 1. The van der Waals surface area contributed by atoms with E-state index in [0.717, 1.165) is 10.6 Å². The van der Waals surface area contributed by atoms with Gasteiger partial charge < -0.3 is 4.74 Å². The second kappa shape index (κ2) is 2.95. The fourth-order valence-electron chi connectivity index (χ4n) is 1.36. The summed E-state index contributed by atoms with van der Waals surface area (Å²) < 4.78 is 28.5. The third-order valence-electron chi connectivity index (χ3n) is 2.05. The minimum Gasteiger partial charge on any atom is -0.463 e. The summed E-state index contributed by atoms with van der Waals surface area (Å²) in [7, 11) is -3.33. The second-order valence-electron chi connectivity index (χ2n) is 3.53. The fraction of sp³-hybridized carbons (Fsp3) is 0.857. The van der Waals surface area contributed by atoms with Gasteiger partial charge in [0.2, 0.25) is 10.0 Å². The summed E-state index contributed by atoms with van der Waals surface area (Å²) in [6.07, 6.45) is 1.09. The molecule has 0 aliphatic carbocycles. The van der Waals surface area contributed by atoms with Crippen LogP contribution in [0, 0.1) is 0 Å². The Hall–Kier alpha value is -0.620. The number of hydrogen-bond acceptors (Lipinski definition) is 4. The summed E-state index contributed by atoms with van der Waals surface area (Å²) in [5.41, 5.74) is -1.08. The third kappa shape index (κ3) is 1.83. The lowest BCUT2D eigenvalue weighted by Crippen LogP contribution is -2.58. The lowest BCUT2D eigenvalue weighted by Gasteiger charge is -2.37. The van der Waals surface area contributed by atoms with E-state index in [0.29, 0.717) is 0 Å². The topological polar surface area (TPSA) is 63.7 Å². The van der Waals surface area contributed by atoms with E-state index in [1.54, 1.807) is 0 Å². The van der Waals surface area contributed by atoms with E-state index in [4.69, 9.17) is 4.74 Å². The monoisotopic (exact) mass is 207 g/mol. The van der Waals surface area contributed by atoms with Gasteiger partial charge in [-0.05, 0) is 13.8 Å². The Kier molecular flexibility index (Phi) is 2.38. The molecule has 0 aromatic carbocycles. The van der Waals surface area contributed by atoms with Crippen molar-refractivity contribution in [2.24, 2.45) is 0 Å². The summed E-state index contributed by atoms with van der Waals surface area (Å²) in [4.78, 5) is 11.2. The number of nitrogens with zero attached hydrogens (tertiary/aromatic N) is 1. The molecule has 6 heteroatoms. The van der Waals surface area contributed by atoms with Crippen LogP contribution in [0.1, 0.15) is 13.8 Å². The zero-order valence-corrected chi connectivity index (χ0v) is 8.72. The quantitative estimate of drug-likeness (QED) is 0.548. The summed E-state index contributed by atoms with van der Waals surface area (Å²) in [5.74, 6) is -0.496. The minimum absolute atomic E-state index is 0.134. The number of ether oxygens (including phenoxy) is 1. The maximum Gasteiger partial charge on any atom is 0.327 e. The molecule has 1 aliphatic rings. The van der Waals surface area contributed by atoms with Crippen molar-refractivity contribution in [3.8, 4) is 0 Å². The summed E-state index contributed by atoms with van der Waals surface area (Å²) >= 11 is 0. The SMILES string of the molecule is CC1(C)C(=O)OCCN1S(C)(=O)=O. The number of carbonyl (C=O) groups is 1. The smallest absolute Gasteiger partial charge is 0.327 e. The van der Waals surface area contributed by atoms with E-state index in [1.807, 2.05) is 0 Å². The Morgan fingerprint density at radius 3 is 2.38 bits per heavy atom. The van der Waals surface area contributed by atoms with Gasteiger partial charge in [0, 0.05) is 6.54 Å². The molecule has 0 radical (unpaired) electrons. The molecular formula is C7H13NO4S. The van der Waals surface area contributed by atoms with Crippen LogP contribution in [0.15, 0.2) is 0 Å². The highest BCUT2D eigenvalue weighted by Gasteiger charge is 2.44. The maximum atomic E-state index is 11.3. The van der Waals surface area contributed by atoms with Crippen molar-refractivity contribution in [3.05, 3.63) is 0 Å². The Bertz CT molecular complexity index is 319. The van der Waals surface area contributed by atoms with Gasteiger partial charge >= 0.3 is 5.97 Å². The maximum absolute atomic E-state index is 11.3. The average molecular weight is 207 g/mol. The van der Waals surface area contributed by atoms with E-state index < -0.39 is 21.5 Å². The molecule has 5 nitrogen and oxygen atoms in total. The van der Waals surface area contributed by atoms with Gasteiger partial charge in [0.1, 0.15) is 12.1 Å². The van der Waals surface area contributed by atoms with E-state index in [9.17, 15) is 13.2 Å². The highest BCUT2D eigenvalue weighted by molar-refractivity contribution is 7.88. The van der Waals surface area contributed by atoms with Crippen LogP contribution in [0.25, 0.3) is 0 Å². The molecule has 0 amide bonds. The van der Waals surface area contributed by atoms with Crippen LogP contribution in [0.4, 0.5) is 0 Å². The van der Waals surface area contributed by atoms with E-state index in [2.05, 4.69) is 0 Å². The molecule has 0 atom stereocenters. The first kappa shape index (κ1) is 10.5. The molecule has 13 heavy (non-hydrogen) atoms. The van der Waals surface area contributed by atoms with Gasteiger partial charge in [0.05, 0.1) is 6.26 Å².